The van der Waals surface area contributed by atoms with Crippen LogP contribution in [0.25, 0.3) is 0 Å². The highest BCUT2D eigenvalue weighted by Gasteiger charge is 2.22. The van der Waals surface area contributed by atoms with E-state index in [9.17, 15) is 4.39 Å². The van der Waals surface area contributed by atoms with E-state index in [-0.39, 0.29) is 22.2 Å². The van der Waals surface area contributed by atoms with Crippen LogP contribution in [-0.4, -0.2) is 11.9 Å². The van der Waals surface area contributed by atoms with Crippen LogP contribution in [0.15, 0.2) is 16.6 Å². The molecular formula is C14H18BrFN2O. The van der Waals surface area contributed by atoms with Crippen molar-refractivity contribution in [1.82, 2.24) is 0 Å². The number of hydrogen-bond donors (Lipinski definition) is 2. The molecule has 1 fully saturated rings. The summed E-state index contributed by atoms with van der Waals surface area (Å²) in [6.07, 6.45) is 4.35. The van der Waals surface area contributed by atoms with Crippen LogP contribution in [0, 0.1) is 17.1 Å². The Hall–Kier alpha value is -1.10. The molecule has 1 aromatic rings. The summed E-state index contributed by atoms with van der Waals surface area (Å²) in [4.78, 5) is 0. The fourth-order valence-electron chi connectivity index (χ4n) is 2.50. The third-order valence-corrected chi connectivity index (χ3v) is 4.29. The van der Waals surface area contributed by atoms with Gasteiger partial charge < -0.3 is 10.5 Å². The minimum Gasteiger partial charge on any atom is -0.487 e. The number of amidine groups is 1. The number of nitrogens with two attached hydrogens (primary N) is 1. The summed E-state index contributed by atoms with van der Waals surface area (Å²) in [5, 5.41) is 7.36. The standard InChI is InChI=1S/C14H18BrFN2O/c1-8-3-2-4-9(7-8)19-11-6-5-10(14(17)18)12(15)13(11)16/h5-6,8-9H,2-4,7H2,1H3,(H3,17,18). The molecule has 2 unspecified atom stereocenters. The van der Waals surface area contributed by atoms with Crippen molar-refractivity contribution < 1.29 is 9.13 Å². The van der Waals surface area contributed by atoms with E-state index < -0.39 is 5.82 Å². The molecule has 0 saturated heterocycles. The lowest BCUT2D eigenvalue weighted by atomic mass is 9.89. The molecule has 1 aliphatic rings. The summed E-state index contributed by atoms with van der Waals surface area (Å²) in [6, 6.07) is 3.16. The lowest BCUT2D eigenvalue weighted by molar-refractivity contribution is 0.124. The molecule has 0 aliphatic heterocycles. The lowest BCUT2D eigenvalue weighted by Gasteiger charge is -2.27. The molecule has 0 heterocycles. The van der Waals surface area contributed by atoms with Gasteiger partial charge in [-0.05, 0) is 53.2 Å². The van der Waals surface area contributed by atoms with E-state index in [1.807, 2.05) is 0 Å². The van der Waals surface area contributed by atoms with Crippen LogP contribution in [-0.2, 0) is 0 Å². The first-order valence-corrected chi connectivity index (χ1v) is 7.27. The van der Waals surface area contributed by atoms with Crippen molar-refractivity contribution in [3.05, 3.63) is 28.0 Å². The van der Waals surface area contributed by atoms with Crippen LogP contribution in [0.2, 0.25) is 0 Å². The van der Waals surface area contributed by atoms with Crippen molar-refractivity contribution >= 4 is 21.8 Å². The molecule has 19 heavy (non-hydrogen) atoms. The first kappa shape index (κ1) is 14.3. The molecule has 1 saturated carbocycles. The maximum Gasteiger partial charge on any atom is 0.179 e. The first-order valence-electron chi connectivity index (χ1n) is 6.48. The second-order valence-electron chi connectivity index (χ2n) is 5.16. The molecule has 3 N–H and O–H groups in total. The molecule has 104 valence electrons. The maximum absolute atomic E-state index is 14.2. The minimum absolute atomic E-state index is 0.0772. The van der Waals surface area contributed by atoms with Gasteiger partial charge in [-0.15, -0.1) is 0 Å². The summed E-state index contributed by atoms with van der Waals surface area (Å²) >= 11 is 3.13. The Kier molecular flexibility index (Phi) is 4.45. The second-order valence-corrected chi connectivity index (χ2v) is 5.96. The quantitative estimate of drug-likeness (QED) is 0.654. The smallest absolute Gasteiger partial charge is 0.179 e. The molecule has 0 radical (unpaired) electrons. The molecule has 3 nitrogen and oxygen atoms in total. The van der Waals surface area contributed by atoms with Crippen LogP contribution in [0.5, 0.6) is 5.75 Å². The van der Waals surface area contributed by atoms with Gasteiger partial charge in [0.2, 0.25) is 0 Å². The third-order valence-electron chi connectivity index (χ3n) is 3.52. The second kappa shape index (κ2) is 5.90. The predicted molar refractivity (Wildman–Crippen MR) is 77.2 cm³/mol. The van der Waals surface area contributed by atoms with E-state index in [0.717, 1.165) is 19.3 Å². The normalized spacial score (nSPS) is 23.1. The Morgan fingerprint density at radius 2 is 2.21 bits per heavy atom. The monoisotopic (exact) mass is 328 g/mol. The van der Waals surface area contributed by atoms with E-state index in [1.165, 1.54) is 6.42 Å². The Balaban J connectivity index is 2.17. The highest BCUT2D eigenvalue weighted by Crippen LogP contribution is 2.32. The van der Waals surface area contributed by atoms with Crippen molar-refractivity contribution in [3.8, 4) is 5.75 Å². The van der Waals surface area contributed by atoms with E-state index >= 15 is 0 Å². The molecule has 0 amide bonds. The highest BCUT2D eigenvalue weighted by molar-refractivity contribution is 9.10. The number of nitrogen functional groups attached to an aromatic ring is 1. The van der Waals surface area contributed by atoms with E-state index in [0.29, 0.717) is 11.5 Å². The SMILES string of the molecule is CC1CCCC(Oc2ccc(C(=N)N)c(Br)c2F)C1. The molecule has 0 aromatic heterocycles. The van der Waals surface area contributed by atoms with Gasteiger partial charge in [0.1, 0.15) is 5.84 Å². The molecule has 0 bridgehead atoms. The fraction of sp³-hybridized carbons (Fsp3) is 0.500. The average Bonchev–Trinajstić information content (AvgIpc) is 2.35. The van der Waals surface area contributed by atoms with Crippen LogP contribution < -0.4 is 10.5 Å². The van der Waals surface area contributed by atoms with Gasteiger partial charge in [0, 0.05) is 5.56 Å². The summed E-state index contributed by atoms with van der Waals surface area (Å²) in [5.41, 5.74) is 5.73. The van der Waals surface area contributed by atoms with Gasteiger partial charge in [-0.25, -0.2) is 4.39 Å². The molecule has 1 aliphatic carbocycles. The van der Waals surface area contributed by atoms with Gasteiger partial charge in [0.15, 0.2) is 11.6 Å². The van der Waals surface area contributed by atoms with Crippen molar-refractivity contribution in [1.29, 1.82) is 5.41 Å². The molecule has 0 spiro atoms. The number of nitrogens with one attached hydrogen (secondary N) is 1. The van der Waals surface area contributed by atoms with Crippen molar-refractivity contribution in [2.75, 3.05) is 0 Å². The van der Waals surface area contributed by atoms with Gasteiger partial charge >= 0.3 is 0 Å². The zero-order valence-corrected chi connectivity index (χ0v) is 12.5. The Bertz CT molecular complexity index is 493. The van der Waals surface area contributed by atoms with Crippen molar-refractivity contribution in [3.63, 3.8) is 0 Å². The van der Waals surface area contributed by atoms with E-state index in [1.54, 1.807) is 12.1 Å². The predicted octanol–water partition coefficient (Wildman–Crippen LogP) is 3.83. The number of ether oxygens (including phenoxy) is 1. The van der Waals surface area contributed by atoms with Crippen LogP contribution in [0.1, 0.15) is 38.2 Å². The fourth-order valence-corrected chi connectivity index (χ4v) is 3.04. The molecule has 2 rings (SSSR count). The van der Waals surface area contributed by atoms with Crippen molar-refractivity contribution in [2.24, 2.45) is 11.7 Å². The van der Waals surface area contributed by atoms with Gasteiger partial charge in [0.05, 0.1) is 10.6 Å². The highest BCUT2D eigenvalue weighted by atomic mass is 79.9. The molecule has 5 heteroatoms. The number of hydrogen-bond acceptors (Lipinski definition) is 2. The van der Waals surface area contributed by atoms with Gasteiger partial charge in [-0.3, -0.25) is 5.41 Å². The zero-order valence-electron chi connectivity index (χ0n) is 10.9. The Labute approximate surface area is 121 Å². The molecular weight excluding hydrogens is 311 g/mol. The summed E-state index contributed by atoms with van der Waals surface area (Å²) in [7, 11) is 0. The Morgan fingerprint density at radius 3 is 2.84 bits per heavy atom. The Morgan fingerprint density at radius 1 is 1.47 bits per heavy atom. The van der Waals surface area contributed by atoms with Crippen LogP contribution in [0.4, 0.5) is 4.39 Å². The van der Waals surface area contributed by atoms with Crippen LogP contribution >= 0.6 is 15.9 Å². The first-order chi connectivity index (χ1) is 8.99. The average molecular weight is 329 g/mol. The third kappa shape index (κ3) is 3.26. The number of rotatable bonds is 3. The summed E-state index contributed by atoms with van der Waals surface area (Å²) < 4.78 is 20.1. The van der Waals surface area contributed by atoms with E-state index in [4.69, 9.17) is 15.9 Å². The zero-order chi connectivity index (χ0) is 14.0. The number of halogens is 2. The summed E-state index contributed by atoms with van der Waals surface area (Å²) in [5.74, 6) is 0.215. The molecule has 1 aromatic carbocycles. The maximum atomic E-state index is 14.2. The summed E-state index contributed by atoms with van der Waals surface area (Å²) in [6.45, 7) is 2.20. The topological polar surface area (TPSA) is 59.1 Å². The number of benzene rings is 1. The minimum atomic E-state index is -0.481. The van der Waals surface area contributed by atoms with E-state index in [2.05, 4.69) is 22.9 Å². The van der Waals surface area contributed by atoms with Crippen molar-refractivity contribution in [2.45, 2.75) is 38.7 Å². The van der Waals surface area contributed by atoms with Gasteiger partial charge in [-0.2, -0.15) is 0 Å². The van der Waals surface area contributed by atoms with Crippen LogP contribution in [0.3, 0.4) is 0 Å². The largest absolute Gasteiger partial charge is 0.487 e. The lowest BCUT2D eigenvalue weighted by Crippen LogP contribution is -2.24. The molecule has 2 atom stereocenters. The van der Waals surface area contributed by atoms with Gasteiger partial charge in [0.25, 0.3) is 0 Å². The van der Waals surface area contributed by atoms with Gasteiger partial charge in [-0.1, -0.05) is 13.3 Å².